The van der Waals surface area contributed by atoms with E-state index in [4.69, 9.17) is 33.8 Å². The van der Waals surface area contributed by atoms with E-state index in [9.17, 15) is 4.79 Å². The van der Waals surface area contributed by atoms with Gasteiger partial charge in [0.25, 0.3) is 0 Å². The van der Waals surface area contributed by atoms with Gasteiger partial charge in [-0.1, -0.05) is 12.1 Å². The van der Waals surface area contributed by atoms with Crippen molar-refractivity contribution in [1.82, 2.24) is 14.6 Å². The third kappa shape index (κ3) is 4.35. The molecule has 0 saturated heterocycles. The first-order valence-corrected chi connectivity index (χ1v) is 11.9. The van der Waals surface area contributed by atoms with Crippen LogP contribution < -0.4 is 18.9 Å². The van der Waals surface area contributed by atoms with E-state index in [2.05, 4.69) is 0 Å². The van der Waals surface area contributed by atoms with E-state index in [0.717, 1.165) is 22.4 Å². The molecule has 1 aliphatic carbocycles. The number of rotatable bonds is 8. The Morgan fingerprint density at radius 1 is 0.892 bits per heavy atom. The normalized spacial score (nSPS) is 14.9. The smallest absolute Gasteiger partial charge is 0.166 e. The van der Waals surface area contributed by atoms with Crippen molar-refractivity contribution in [1.29, 1.82) is 0 Å². The molecule has 192 valence electrons. The molecule has 2 aromatic heterocycles. The Bertz CT molecular complexity index is 1480. The number of carbonyl (C=O) groups excluding carboxylic acids is 1. The topological polar surface area (TPSA) is 93.4 Å². The number of ether oxygens (including phenoxy) is 5. The van der Waals surface area contributed by atoms with Crippen molar-refractivity contribution in [2.24, 2.45) is 0 Å². The summed E-state index contributed by atoms with van der Waals surface area (Å²) >= 11 is 0. The zero-order valence-electron chi connectivity index (χ0n) is 21.5. The van der Waals surface area contributed by atoms with Crippen molar-refractivity contribution in [2.45, 2.75) is 25.4 Å². The minimum Gasteiger partial charge on any atom is -0.497 e. The van der Waals surface area contributed by atoms with Gasteiger partial charge in [0.2, 0.25) is 0 Å². The van der Waals surface area contributed by atoms with Crippen molar-refractivity contribution in [2.75, 3.05) is 35.5 Å². The first-order chi connectivity index (χ1) is 18.0. The monoisotopic (exact) mass is 503 g/mol. The standard InChI is InChI=1S/C28H29N3O6/c1-33-15-22-27(16-6-9-24(35-3)26(12-16)37-5)28-29-21-10-17(11-23(32)20(21)14-31(28)30-22)19-8-7-18(34-2)13-25(19)36-4/h6-9,12-14,17H,10-11,15H2,1-5H3. The van der Waals surface area contributed by atoms with Crippen molar-refractivity contribution in [3.63, 3.8) is 0 Å². The zero-order valence-corrected chi connectivity index (χ0v) is 21.5. The van der Waals surface area contributed by atoms with E-state index in [-0.39, 0.29) is 18.3 Å². The second kappa shape index (κ2) is 10.1. The second-order valence-electron chi connectivity index (χ2n) is 8.83. The Morgan fingerprint density at radius 3 is 2.38 bits per heavy atom. The predicted molar refractivity (Wildman–Crippen MR) is 137 cm³/mol. The Hall–Kier alpha value is -4.11. The summed E-state index contributed by atoms with van der Waals surface area (Å²) in [6.45, 7) is 0.289. The predicted octanol–water partition coefficient (Wildman–Crippen LogP) is 4.49. The van der Waals surface area contributed by atoms with Crippen LogP contribution >= 0.6 is 0 Å². The lowest BCUT2D eigenvalue weighted by atomic mass is 9.81. The molecule has 1 unspecified atom stereocenters. The molecule has 0 amide bonds. The zero-order chi connectivity index (χ0) is 26.1. The van der Waals surface area contributed by atoms with E-state index in [1.54, 1.807) is 46.3 Å². The highest BCUT2D eigenvalue weighted by molar-refractivity contribution is 5.99. The molecule has 0 fully saturated rings. The molecule has 9 heteroatoms. The quantitative estimate of drug-likeness (QED) is 0.347. The molecule has 4 aromatic rings. The van der Waals surface area contributed by atoms with Crippen molar-refractivity contribution in [3.8, 4) is 34.1 Å². The van der Waals surface area contributed by atoms with E-state index in [0.29, 0.717) is 52.7 Å². The number of hydrogen-bond donors (Lipinski definition) is 0. The van der Waals surface area contributed by atoms with Crippen molar-refractivity contribution < 1.29 is 28.5 Å². The summed E-state index contributed by atoms with van der Waals surface area (Å²) in [5.41, 5.74) is 5.32. The highest BCUT2D eigenvalue weighted by Crippen LogP contribution is 2.40. The molecule has 1 atom stereocenters. The van der Waals surface area contributed by atoms with Crippen LogP contribution in [0.3, 0.4) is 0 Å². The lowest BCUT2D eigenvalue weighted by molar-refractivity contribution is 0.0962. The van der Waals surface area contributed by atoms with E-state index in [1.165, 1.54) is 0 Å². The minimum absolute atomic E-state index is 0.0231. The molecule has 2 aromatic carbocycles. The van der Waals surface area contributed by atoms with Crippen LogP contribution in [0.1, 0.15) is 39.6 Å². The molecular formula is C28H29N3O6. The highest BCUT2D eigenvalue weighted by atomic mass is 16.5. The van der Waals surface area contributed by atoms with Gasteiger partial charge in [0.15, 0.2) is 22.9 Å². The molecular weight excluding hydrogens is 474 g/mol. The van der Waals surface area contributed by atoms with Crippen LogP contribution in [0, 0.1) is 0 Å². The summed E-state index contributed by atoms with van der Waals surface area (Å²) in [4.78, 5) is 18.3. The van der Waals surface area contributed by atoms with Crippen LogP contribution in [0.4, 0.5) is 0 Å². The molecule has 1 aliphatic rings. The number of ketones is 1. The third-order valence-electron chi connectivity index (χ3n) is 6.77. The summed E-state index contributed by atoms with van der Waals surface area (Å²) in [7, 11) is 8.06. The maximum Gasteiger partial charge on any atom is 0.166 e. The number of carbonyl (C=O) groups is 1. The maximum absolute atomic E-state index is 13.3. The number of benzene rings is 2. The Morgan fingerprint density at radius 2 is 1.68 bits per heavy atom. The molecule has 0 aliphatic heterocycles. The fraction of sp³-hybridized carbons (Fsp3) is 0.321. The molecule has 9 nitrogen and oxygen atoms in total. The van der Waals surface area contributed by atoms with Crippen LogP contribution in [0.5, 0.6) is 23.0 Å². The number of nitrogens with zero attached hydrogens (tertiary/aromatic N) is 3. The number of hydrogen-bond acceptors (Lipinski definition) is 8. The van der Waals surface area contributed by atoms with Gasteiger partial charge in [-0.05, 0) is 35.7 Å². The second-order valence-corrected chi connectivity index (χ2v) is 8.83. The van der Waals surface area contributed by atoms with E-state index < -0.39 is 0 Å². The summed E-state index contributed by atoms with van der Waals surface area (Å²) in [5.74, 6) is 2.58. The first-order valence-electron chi connectivity index (χ1n) is 11.9. The van der Waals surface area contributed by atoms with E-state index >= 15 is 0 Å². The molecule has 0 radical (unpaired) electrons. The fourth-order valence-corrected chi connectivity index (χ4v) is 4.98. The number of methoxy groups -OCH3 is 5. The summed E-state index contributed by atoms with van der Waals surface area (Å²) < 4.78 is 29.0. The molecule has 2 heterocycles. The largest absolute Gasteiger partial charge is 0.497 e. The number of Topliss-reactive ketones (excluding diaryl/α,β-unsaturated/α-hetero) is 1. The van der Waals surface area contributed by atoms with Gasteiger partial charge in [0, 0.05) is 31.7 Å². The maximum atomic E-state index is 13.3. The van der Waals surface area contributed by atoms with Crippen LogP contribution in [0.2, 0.25) is 0 Å². The van der Waals surface area contributed by atoms with E-state index in [1.807, 2.05) is 36.4 Å². The van der Waals surface area contributed by atoms with Crippen LogP contribution in [0.15, 0.2) is 42.6 Å². The summed E-state index contributed by atoms with van der Waals surface area (Å²) in [6.07, 6.45) is 2.74. The van der Waals surface area contributed by atoms with Crippen LogP contribution in [0.25, 0.3) is 16.8 Å². The van der Waals surface area contributed by atoms with Gasteiger partial charge in [-0.2, -0.15) is 5.10 Å². The Kier molecular flexibility index (Phi) is 6.71. The van der Waals surface area contributed by atoms with Gasteiger partial charge in [0.1, 0.15) is 11.5 Å². The summed E-state index contributed by atoms with van der Waals surface area (Å²) in [5, 5.41) is 4.71. The first kappa shape index (κ1) is 24.6. The van der Waals surface area contributed by atoms with Gasteiger partial charge < -0.3 is 23.7 Å². The van der Waals surface area contributed by atoms with Gasteiger partial charge in [-0.15, -0.1) is 0 Å². The SMILES string of the molecule is COCc1nn2cc3c(nc2c1-c1ccc(OC)c(OC)c1)CC(c1ccc(OC)cc1OC)CC3=O. The molecule has 0 spiro atoms. The average Bonchev–Trinajstić information content (AvgIpc) is 3.28. The Balaban J connectivity index is 1.63. The van der Waals surface area contributed by atoms with Gasteiger partial charge in [-0.25, -0.2) is 9.50 Å². The molecule has 0 saturated carbocycles. The van der Waals surface area contributed by atoms with Crippen molar-refractivity contribution in [3.05, 3.63) is 65.1 Å². The van der Waals surface area contributed by atoms with Crippen molar-refractivity contribution >= 4 is 11.4 Å². The number of aromatic nitrogens is 3. The highest BCUT2D eigenvalue weighted by Gasteiger charge is 2.31. The van der Waals surface area contributed by atoms with Gasteiger partial charge >= 0.3 is 0 Å². The molecule has 0 bridgehead atoms. The molecule has 0 N–H and O–H groups in total. The minimum atomic E-state index is -0.0679. The average molecular weight is 504 g/mol. The lowest BCUT2D eigenvalue weighted by Crippen LogP contribution is -2.21. The van der Waals surface area contributed by atoms with Gasteiger partial charge in [0.05, 0.1) is 57.6 Å². The third-order valence-corrected chi connectivity index (χ3v) is 6.77. The fourth-order valence-electron chi connectivity index (χ4n) is 4.98. The van der Waals surface area contributed by atoms with Crippen LogP contribution in [-0.4, -0.2) is 55.9 Å². The van der Waals surface area contributed by atoms with Crippen LogP contribution in [-0.2, 0) is 17.8 Å². The molecule has 37 heavy (non-hydrogen) atoms. The number of fused-ring (bicyclic) bond motifs is 2. The summed E-state index contributed by atoms with van der Waals surface area (Å²) in [6, 6.07) is 11.4. The lowest BCUT2D eigenvalue weighted by Gasteiger charge is -2.25. The van der Waals surface area contributed by atoms with Gasteiger partial charge in [-0.3, -0.25) is 4.79 Å². The molecule has 5 rings (SSSR count). The Labute approximate surface area is 214 Å².